The quantitative estimate of drug-likeness (QED) is 0.474. The summed E-state index contributed by atoms with van der Waals surface area (Å²) in [6.07, 6.45) is 0.858. The smallest absolute Gasteiger partial charge is 0.274 e. The highest BCUT2D eigenvalue weighted by Gasteiger charge is 2.36. The molecule has 0 aliphatic carbocycles. The fourth-order valence-corrected chi connectivity index (χ4v) is 4.68. The number of piperidine rings is 1. The average Bonchev–Trinajstić information content (AvgIpc) is 2.73. The summed E-state index contributed by atoms with van der Waals surface area (Å²) in [7, 11) is 0. The molecule has 2 aromatic rings. The summed E-state index contributed by atoms with van der Waals surface area (Å²) in [4.78, 5) is 58.3. The van der Waals surface area contributed by atoms with E-state index in [-0.39, 0.29) is 29.2 Å². The molecule has 11 nitrogen and oxygen atoms in total. The Morgan fingerprint density at radius 2 is 1.94 bits per heavy atom. The second-order valence-electron chi connectivity index (χ2n) is 9.06. The highest BCUT2D eigenvalue weighted by Crippen LogP contribution is 2.32. The number of rotatable bonds is 4. The summed E-state index contributed by atoms with van der Waals surface area (Å²) >= 11 is 0. The van der Waals surface area contributed by atoms with Crippen LogP contribution in [0.15, 0.2) is 23.0 Å². The standard InChI is InChI=1S/C22H26N6O5/c1-11-6-12(2)10-27(9-11)22-25-19-18(21(31)26-22)15(8-17(29)24-19)20(30)23-14-5-4-13(3)16(7-14)28(32)33/h4-5,7,11-12,15H,6,8-10H2,1-3H3,(H,23,30)(H2,24,25,26,29,31)/t11-,12-,15-/m1/s1. The molecule has 3 N–H and O–H groups in total. The van der Waals surface area contributed by atoms with E-state index in [4.69, 9.17) is 0 Å². The van der Waals surface area contributed by atoms with Crippen molar-refractivity contribution in [2.45, 2.75) is 39.5 Å². The Morgan fingerprint density at radius 3 is 2.61 bits per heavy atom. The van der Waals surface area contributed by atoms with Gasteiger partial charge in [-0.15, -0.1) is 0 Å². The minimum Gasteiger partial charge on any atom is -0.342 e. The fourth-order valence-electron chi connectivity index (χ4n) is 4.68. The zero-order chi connectivity index (χ0) is 23.9. The highest BCUT2D eigenvalue weighted by molar-refractivity contribution is 6.04. The van der Waals surface area contributed by atoms with Crippen LogP contribution in [-0.4, -0.2) is 39.8 Å². The molecular weight excluding hydrogens is 428 g/mol. The predicted molar refractivity (Wildman–Crippen MR) is 122 cm³/mol. The van der Waals surface area contributed by atoms with Crippen LogP contribution < -0.4 is 21.1 Å². The second-order valence-corrected chi connectivity index (χ2v) is 9.06. The molecule has 0 bridgehead atoms. The van der Waals surface area contributed by atoms with E-state index in [9.17, 15) is 24.5 Å². The summed E-state index contributed by atoms with van der Waals surface area (Å²) in [5.74, 6) is -0.799. The molecular formula is C22H26N6O5. The van der Waals surface area contributed by atoms with E-state index in [2.05, 4.69) is 34.4 Å². The van der Waals surface area contributed by atoms with Gasteiger partial charge in [0.05, 0.1) is 16.4 Å². The monoisotopic (exact) mass is 454 g/mol. The lowest BCUT2D eigenvalue weighted by molar-refractivity contribution is -0.385. The first-order chi connectivity index (χ1) is 15.6. The molecule has 1 aromatic heterocycles. The molecule has 2 amide bonds. The summed E-state index contributed by atoms with van der Waals surface area (Å²) in [5.41, 5.74) is 0.118. The highest BCUT2D eigenvalue weighted by atomic mass is 16.6. The Morgan fingerprint density at radius 1 is 1.24 bits per heavy atom. The molecule has 0 spiro atoms. The number of aromatic amines is 1. The number of anilines is 3. The van der Waals surface area contributed by atoms with Crippen molar-refractivity contribution in [2.75, 3.05) is 28.6 Å². The molecule has 4 rings (SSSR count). The summed E-state index contributed by atoms with van der Waals surface area (Å²) < 4.78 is 0. The summed E-state index contributed by atoms with van der Waals surface area (Å²) in [6.45, 7) is 7.33. The third kappa shape index (κ3) is 4.57. The van der Waals surface area contributed by atoms with Crippen LogP contribution in [0, 0.1) is 28.9 Å². The average molecular weight is 454 g/mol. The Labute approximate surface area is 189 Å². The van der Waals surface area contributed by atoms with Crippen LogP contribution in [0.25, 0.3) is 0 Å². The number of aryl methyl sites for hydroxylation is 1. The number of amides is 2. The van der Waals surface area contributed by atoms with Crippen molar-refractivity contribution >= 4 is 35.0 Å². The van der Waals surface area contributed by atoms with E-state index in [1.165, 1.54) is 18.2 Å². The summed E-state index contributed by atoms with van der Waals surface area (Å²) in [5, 5.41) is 16.4. The van der Waals surface area contributed by atoms with Crippen LogP contribution in [-0.2, 0) is 9.59 Å². The zero-order valence-electron chi connectivity index (χ0n) is 18.7. The minimum absolute atomic E-state index is 0.0749. The molecule has 33 heavy (non-hydrogen) atoms. The van der Waals surface area contributed by atoms with Gasteiger partial charge in [-0.25, -0.2) is 0 Å². The van der Waals surface area contributed by atoms with Gasteiger partial charge < -0.3 is 15.5 Å². The molecule has 174 valence electrons. The lowest BCUT2D eigenvalue weighted by Crippen LogP contribution is -2.42. The number of fused-ring (bicyclic) bond motifs is 1. The number of aromatic nitrogens is 2. The van der Waals surface area contributed by atoms with Crippen LogP contribution in [0.5, 0.6) is 0 Å². The van der Waals surface area contributed by atoms with Gasteiger partial charge in [0.15, 0.2) is 0 Å². The zero-order valence-corrected chi connectivity index (χ0v) is 18.7. The molecule has 2 aliphatic heterocycles. The molecule has 3 atom stereocenters. The van der Waals surface area contributed by atoms with Crippen LogP contribution in [0.2, 0.25) is 0 Å². The van der Waals surface area contributed by atoms with Gasteiger partial charge in [-0.2, -0.15) is 4.98 Å². The van der Waals surface area contributed by atoms with Crippen molar-refractivity contribution in [1.82, 2.24) is 9.97 Å². The van der Waals surface area contributed by atoms with Crippen LogP contribution in [0.1, 0.15) is 43.7 Å². The minimum atomic E-state index is -1.07. The lowest BCUT2D eigenvalue weighted by Gasteiger charge is -2.35. The van der Waals surface area contributed by atoms with E-state index in [1.54, 1.807) is 6.92 Å². The van der Waals surface area contributed by atoms with Crippen LogP contribution in [0.3, 0.4) is 0 Å². The Hall–Kier alpha value is -3.76. The van der Waals surface area contributed by atoms with Gasteiger partial charge in [-0.3, -0.25) is 29.5 Å². The number of nitro benzene ring substituents is 1. The molecule has 1 saturated heterocycles. The maximum atomic E-state index is 13.0. The number of carbonyl (C=O) groups excluding carboxylic acids is 2. The molecule has 2 aliphatic rings. The molecule has 0 unspecified atom stereocenters. The third-order valence-electron chi connectivity index (χ3n) is 6.10. The number of nitro groups is 1. The Balaban J connectivity index is 1.64. The normalized spacial score (nSPS) is 22.3. The molecule has 1 fully saturated rings. The van der Waals surface area contributed by atoms with Gasteiger partial charge >= 0.3 is 0 Å². The van der Waals surface area contributed by atoms with Crippen molar-refractivity contribution < 1.29 is 14.5 Å². The molecule has 0 radical (unpaired) electrons. The Kier molecular flexibility index (Phi) is 5.88. The van der Waals surface area contributed by atoms with Gasteiger partial charge in [-0.1, -0.05) is 19.9 Å². The number of H-pyrrole nitrogens is 1. The number of carbonyl (C=O) groups is 2. The molecule has 0 saturated carbocycles. The predicted octanol–water partition coefficient (Wildman–Crippen LogP) is 2.53. The van der Waals surface area contributed by atoms with Crippen molar-refractivity contribution in [2.24, 2.45) is 11.8 Å². The van der Waals surface area contributed by atoms with Crippen molar-refractivity contribution in [1.29, 1.82) is 0 Å². The maximum absolute atomic E-state index is 13.0. The first-order valence-electron chi connectivity index (χ1n) is 10.9. The maximum Gasteiger partial charge on any atom is 0.274 e. The number of hydrogen-bond donors (Lipinski definition) is 3. The number of benzene rings is 1. The SMILES string of the molecule is Cc1ccc(NC(=O)[C@@H]2CC(=O)Nc3nc(N4C[C@H](C)C[C@@H](C)C4)[nH]c(=O)c32)cc1[N+](=O)[O-]. The molecule has 11 heteroatoms. The van der Waals surface area contributed by atoms with Crippen LogP contribution in [0.4, 0.5) is 23.1 Å². The van der Waals surface area contributed by atoms with E-state index in [0.29, 0.717) is 23.3 Å². The fraction of sp³-hybridized carbons (Fsp3) is 0.455. The number of nitrogens with one attached hydrogen (secondary N) is 3. The van der Waals surface area contributed by atoms with Gasteiger partial charge in [-0.05, 0) is 31.2 Å². The van der Waals surface area contributed by atoms with E-state index in [1.807, 2.05) is 4.90 Å². The topological polar surface area (TPSA) is 150 Å². The lowest BCUT2D eigenvalue weighted by atomic mass is 9.91. The Bertz CT molecular complexity index is 1180. The first-order valence-corrected chi connectivity index (χ1v) is 10.9. The largest absolute Gasteiger partial charge is 0.342 e. The van der Waals surface area contributed by atoms with E-state index in [0.717, 1.165) is 19.5 Å². The summed E-state index contributed by atoms with van der Waals surface area (Å²) in [6, 6.07) is 4.31. The van der Waals surface area contributed by atoms with Gasteiger partial charge in [0.1, 0.15) is 5.82 Å². The van der Waals surface area contributed by atoms with Crippen LogP contribution >= 0.6 is 0 Å². The second kappa shape index (κ2) is 8.64. The van der Waals surface area contributed by atoms with Gasteiger partial charge in [0.25, 0.3) is 11.2 Å². The molecule has 3 heterocycles. The first kappa shape index (κ1) is 22.4. The van der Waals surface area contributed by atoms with Gasteiger partial charge in [0.2, 0.25) is 17.8 Å². The molecule has 1 aromatic carbocycles. The third-order valence-corrected chi connectivity index (χ3v) is 6.10. The van der Waals surface area contributed by atoms with Crippen molar-refractivity contribution in [3.63, 3.8) is 0 Å². The number of hydrogen-bond acceptors (Lipinski definition) is 7. The van der Waals surface area contributed by atoms with E-state index >= 15 is 0 Å². The van der Waals surface area contributed by atoms with Crippen molar-refractivity contribution in [3.05, 3.63) is 49.8 Å². The van der Waals surface area contributed by atoms with Crippen molar-refractivity contribution in [3.8, 4) is 0 Å². The van der Waals surface area contributed by atoms with Gasteiger partial charge in [0, 0.05) is 36.8 Å². The number of nitrogens with zero attached hydrogens (tertiary/aromatic N) is 3. The van der Waals surface area contributed by atoms with E-state index < -0.39 is 28.2 Å².